The average molecular weight is 1500 g/mol. The van der Waals surface area contributed by atoms with E-state index in [-0.39, 0.29) is 18.9 Å². The van der Waals surface area contributed by atoms with E-state index in [1.54, 1.807) is 6.08 Å². The van der Waals surface area contributed by atoms with E-state index in [0.717, 1.165) is 38.5 Å². The second-order valence-electron chi connectivity index (χ2n) is 31.7. The molecule has 3 fully saturated rings. The van der Waals surface area contributed by atoms with Crippen molar-refractivity contribution in [2.45, 2.75) is 491 Å². The van der Waals surface area contributed by atoms with E-state index in [9.17, 15) is 61.0 Å². The van der Waals surface area contributed by atoms with Crippen molar-refractivity contribution >= 4 is 5.91 Å². The quantitative estimate of drug-likeness (QED) is 0.0199. The Hall–Kier alpha value is -1.73. The van der Waals surface area contributed by atoms with Gasteiger partial charge in [0.2, 0.25) is 5.91 Å². The number of aliphatic hydroxyl groups is 11. The summed E-state index contributed by atoms with van der Waals surface area (Å²) in [5.41, 5.74) is 0. The van der Waals surface area contributed by atoms with E-state index in [0.29, 0.717) is 12.8 Å². The third-order valence-corrected chi connectivity index (χ3v) is 22.3. The van der Waals surface area contributed by atoms with Crippen LogP contribution in [0.5, 0.6) is 0 Å². The average Bonchev–Trinajstić information content (AvgIpc) is 0.780. The summed E-state index contributed by atoms with van der Waals surface area (Å²) >= 11 is 0. The fraction of sp³-hybridized carbons (Fsp3) is 0.942. The normalized spacial score (nSPS) is 25.8. The van der Waals surface area contributed by atoms with Gasteiger partial charge in [0.15, 0.2) is 18.9 Å². The molecule has 620 valence electrons. The summed E-state index contributed by atoms with van der Waals surface area (Å²) in [7, 11) is 0. The van der Waals surface area contributed by atoms with Crippen LogP contribution in [0, 0.1) is 0 Å². The minimum Gasteiger partial charge on any atom is -0.394 e. The van der Waals surface area contributed by atoms with Gasteiger partial charge in [-0.05, 0) is 32.1 Å². The minimum atomic E-state index is -1.98. The van der Waals surface area contributed by atoms with Crippen LogP contribution in [0.15, 0.2) is 24.3 Å². The molecule has 0 aromatic carbocycles. The zero-order chi connectivity index (χ0) is 76.0. The Bertz CT molecular complexity index is 1990. The molecule has 0 bridgehead atoms. The zero-order valence-corrected chi connectivity index (χ0v) is 66.7. The van der Waals surface area contributed by atoms with Gasteiger partial charge in [-0.15, -0.1) is 0 Å². The van der Waals surface area contributed by atoms with Crippen LogP contribution in [-0.2, 0) is 33.2 Å². The lowest BCUT2D eigenvalue weighted by Gasteiger charge is -2.48. The molecule has 3 aliphatic heterocycles. The van der Waals surface area contributed by atoms with E-state index in [4.69, 9.17) is 28.4 Å². The second-order valence-corrected chi connectivity index (χ2v) is 31.7. The Kier molecular flexibility index (Phi) is 62.0. The SMILES string of the molecule is CCCCCCCCCCCCCCCC/C=C/CC/C=C/C(O)C(COC1OC(CO)C(OC2OC(CO)C(OC3OC(CO)C(O)C(O)C3O)C(O)C2O)C(O)C1O)NC(=O)CCCCCCCCCCCCCCCCCCCCCCCCCCCCCCCCCCCCCCCCCC. The fourth-order valence-electron chi connectivity index (χ4n) is 15.2. The van der Waals surface area contributed by atoms with Crippen LogP contribution < -0.4 is 5.32 Å². The van der Waals surface area contributed by atoms with Crippen LogP contribution >= 0.6 is 0 Å². The van der Waals surface area contributed by atoms with Gasteiger partial charge in [0, 0.05) is 6.42 Å². The summed E-state index contributed by atoms with van der Waals surface area (Å²) in [6, 6.07) is -0.988. The van der Waals surface area contributed by atoms with Gasteiger partial charge in [0.25, 0.3) is 0 Å². The van der Waals surface area contributed by atoms with Crippen LogP contribution in [0.25, 0.3) is 0 Å². The highest BCUT2D eigenvalue weighted by Gasteiger charge is 2.54. The number of hydrogen-bond donors (Lipinski definition) is 12. The maximum Gasteiger partial charge on any atom is 0.220 e. The first-order chi connectivity index (χ1) is 51.3. The standard InChI is InChI=1S/C86H163NO18/c1-3-5-7-9-11-13-15-17-19-21-23-25-26-27-28-29-30-31-32-33-34-35-36-37-38-39-40-41-42-43-44-46-48-50-52-54-56-58-60-62-64-74(92)87-69(70(91)63-61-59-57-55-53-51-49-47-45-24-22-20-18-16-14-12-10-8-6-4-2)68-100-84-80(98)77(95)82(72(66-89)102-84)105-86-81(99)78(96)83(73(67-90)103-86)104-85-79(97)76(94)75(93)71(65-88)101-85/h53,55,61,63,69-73,75-86,88-91,93-99H,3-52,54,56-60,62,64-68H2,1-2H3,(H,87,92)/b55-53+,63-61+. The highest BCUT2D eigenvalue weighted by atomic mass is 16.8. The Morgan fingerprint density at radius 3 is 0.952 bits per heavy atom. The highest BCUT2D eigenvalue weighted by molar-refractivity contribution is 5.76. The Morgan fingerprint density at radius 2 is 0.610 bits per heavy atom. The molecule has 3 aliphatic rings. The third-order valence-electron chi connectivity index (χ3n) is 22.3. The first-order valence-electron chi connectivity index (χ1n) is 44.1. The predicted octanol–water partition coefficient (Wildman–Crippen LogP) is 16.1. The molecule has 19 nitrogen and oxygen atoms in total. The summed E-state index contributed by atoms with van der Waals surface area (Å²) in [6.45, 7) is 1.78. The van der Waals surface area contributed by atoms with Crippen LogP contribution in [-0.4, -0.2) is 193 Å². The monoisotopic (exact) mass is 1500 g/mol. The van der Waals surface area contributed by atoms with Gasteiger partial charge in [-0.1, -0.05) is 372 Å². The molecule has 0 saturated carbocycles. The lowest BCUT2D eigenvalue weighted by molar-refractivity contribution is -0.379. The number of aliphatic hydroxyl groups excluding tert-OH is 11. The lowest BCUT2D eigenvalue weighted by atomic mass is 9.96. The molecule has 105 heavy (non-hydrogen) atoms. The maximum atomic E-state index is 13.5. The van der Waals surface area contributed by atoms with Crippen molar-refractivity contribution in [3.63, 3.8) is 0 Å². The predicted molar refractivity (Wildman–Crippen MR) is 420 cm³/mol. The molecule has 1 amide bonds. The van der Waals surface area contributed by atoms with Crippen LogP contribution in [0.1, 0.15) is 386 Å². The molecule has 17 atom stereocenters. The van der Waals surface area contributed by atoms with Crippen LogP contribution in [0.2, 0.25) is 0 Å². The number of unbranched alkanes of at least 4 members (excludes halogenated alkanes) is 54. The number of nitrogens with one attached hydrogen (secondary N) is 1. The van der Waals surface area contributed by atoms with Crippen molar-refractivity contribution in [3.05, 3.63) is 24.3 Å². The fourth-order valence-corrected chi connectivity index (χ4v) is 15.2. The van der Waals surface area contributed by atoms with E-state index < -0.39 is 124 Å². The molecular formula is C86H163NO18. The molecule has 0 spiro atoms. The second kappa shape index (κ2) is 66.8. The lowest BCUT2D eigenvalue weighted by Crippen LogP contribution is -2.66. The zero-order valence-electron chi connectivity index (χ0n) is 66.7. The smallest absolute Gasteiger partial charge is 0.220 e. The molecule has 0 aliphatic carbocycles. The van der Waals surface area contributed by atoms with Gasteiger partial charge in [-0.3, -0.25) is 4.79 Å². The summed E-state index contributed by atoms with van der Waals surface area (Å²) in [4.78, 5) is 13.5. The van der Waals surface area contributed by atoms with Crippen LogP contribution in [0.3, 0.4) is 0 Å². The van der Waals surface area contributed by atoms with Crippen molar-refractivity contribution in [1.82, 2.24) is 5.32 Å². The molecule has 0 radical (unpaired) electrons. The molecule has 3 saturated heterocycles. The molecule has 12 N–H and O–H groups in total. The molecule has 3 rings (SSSR count). The molecule has 0 aromatic rings. The van der Waals surface area contributed by atoms with Crippen molar-refractivity contribution in [2.24, 2.45) is 0 Å². The largest absolute Gasteiger partial charge is 0.394 e. The summed E-state index contributed by atoms with van der Waals surface area (Å²) < 4.78 is 34.5. The van der Waals surface area contributed by atoms with Gasteiger partial charge in [-0.25, -0.2) is 0 Å². The van der Waals surface area contributed by atoms with Crippen molar-refractivity contribution < 1.29 is 89.4 Å². The minimum absolute atomic E-state index is 0.241. The number of carbonyl (C=O) groups is 1. The number of carbonyl (C=O) groups excluding carboxylic acids is 1. The molecule has 17 unspecified atom stereocenters. The van der Waals surface area contributed by atoms with E-state index >= 15 is 0 Å². The van der Waals surface area contributed by atoms with Gasteiger partial charge in [0.05, 0.1) is 38.6 Å². The first-order valence-corrected chi connectivity index (χ1v) is 44.1. The summed E-state index contributed by atoms with van der Waals surface area (Å²) in [5.74, 6) is -0.277. The number of rotatable bonds is 72. The number of amides is 1. The number of hydrogen-bond acceptors (Lipinski definition) is 18. The van der Waals surface area contributed by atoms with Gasteiger partial charge in [0.1, 0.15) is 73.2 Å². The Morgan fingerprint density at radius 1 is 0.333 bits per heavy atom. The Balaban J connectivity index is 1.29. The Labute approximate surface area is 638 Å². The molecule has 3 heterocycles. The van der Waals surface area contributed by atoms with Crippen LogP contribution in [0.4, 0.5) is 0 Å². The molecule has 0 aromatic heterocycles. The summed E-state index contributed by atoms with van der Waals surface area (Å²) in [5, 5.41) is 121. The van der Waals surface area contributed by atoms with Gasteiger partial charge >= 0.3 is 0 Å². The van der Waals surface area contributed by atoms with Gasteiger partial charge in [-0.2, -0.15) is 0 Å². The van der Waals surface area contributed by atoms with Crippen molar-refractivity contribution in [3.8, 4) is 0 Å². The third kappa shape index (κ3) is 46.1. The summed E-state index contributed by atoms with van der Waals surface area (Å²) in [6.07, 6.45) is 56.4. The number of allylic oxidation sites excluding steroid dienone is 3. The van der Waals surface area contributed by atoms with Gasteiger partial charge < -0.3 is 89.9 Å². The topological polar surface area (TPSA) is 307 Å². The maximum absolute atomic E-state index is 13.5. The highest BCUT2D eigenvalue weighted by Crippen LogP contribution is 2.34. The van der Waals surface area contributed by atoms with E-state index in [1.165, 1.54) is 315 Å². The van der Waals surface area contributed by atoms with E-state index in [2.05, 4.69) is 31.3 Å². The number of ether oxygens (including phenoxy) is 6. The van der Waals surface area contributed by atoms with Crippen molar-refractivity contribution in [1.29, 1.82) is 0 Å². The van der Waals surface area contributed by atoms with Crippen molar-refractivity contribution in [2.75, 3.05) is 26.4 Å². The molecular weight excluding hydrogens is 1330 g/mol. The molecule has 19 heteroatoms. The van der Waals surface area contributed by atoms with E-state index in [1.807, 2.05) is 6.08 Å². The first kappa shape index (κ1) is 97.5.